The summed E-state index contributed by atoms with van der Waals surface area (Å²) < 4.78 is 32.4. The Morgan fingerprint density at radius 2 is 1.43 bits per heavy atom. The summed E-state index contributed by atoms with van der Waals surface area (Å²) in [4.78, 5) is 12.5. The Bertz CT molecular complexity index is 737. The van der Waals surface area contributed by atoms with Gasteiger partial charge < -0.3 is 4.74 Å². The summed E-state index contributed by atoms with van der Waals surface area (Å²) in [6.07, 6.45) is 13.5. The molecule has 30 heavy (non-hydrogen) atoms. The molecule has 4 atom stereocenters. The summed E-state index contributed by atoms with van der Waals surface area (Å²) in [6, 6.07) is 1.95. The zero-order valence-electron chi connectivity index (χ0n) is 17.8. The second kappa shape index (κ2) is 9.54. The molecule has 0 aromatic heterocycles. The van der Waals surface area contributed by atoms with Gasteiger partial charge in [-0.3, -0.25) is 4.79 Å². The summed E-state index contributed by atoms with van der Waals surface area (Å²) in [5.41, 5.74) is 0. The standard InChI is InChI=1S/C25H33ClF2O2/c1-2-15-3-4-20-12-19(10-9-18(20)11-15)16-5-7-17(8-6-16)25(29)30-21-13-22(27)24(26)23(28)14-21/h13-20H,2-12H2,1H3. The third kappa shape index (κ3) is 4.84. The van der Waals surface area contributed by atoms with Gasteiger partial charge in [0.15, 0.2) is 0 Å². The van der Waals surface area contributed by atoms with Crippen LogP contribution in [0.2, 0.25) is 5.02 Å². The summed E-state index contributed by atoms with van der Waals surface area (Å²) in [6.45, 7) is 2.33. The average Bonchev–Trinajstić information content (AvgIpc) is 2.76. The molecule has 0 spiro atoms. The number of benzene rings is 1. The number of halogens is 3. The molecule has 0 radical (unpaired) electrons. The van der Waals surface area contributed by atoms with Crippen LogP contribution in [0.15, 0.2) is 12.1 Å². The van der Waals surface area contributed by atoms with Crippen molar-refractivity contribution in [2.45, 2.75) is 77.6 Å². The molecule has 3 saturated carbocycles. The summed E-state index contributed by atoms with van der Waals surface area (Å²) in [7, 11) is 0. The lowest BCUT2D eigenvalue weighted by molar-refractivity contribution is -0.140. The predicted octanol–water partition coefficient (Wildman–Crippen LogP) is 7.57. The van der Waals surface area contributed by atoms with E-state index in [1.165, 1.54) is 44.9 Å². The molecule has 166 valence electrons. The molecule has 3 fully saturated rings. The van der Waals surface area contributed by atoms with E-state index in [0.29, 0.717) is 5.92 Å². The van der Waals surface area contributed by atoms with Crippen molar-refractivity contribution < 1.29 is 18.3 Å². The largest absolute Gasteiger partial charge is 0.426 e. The minimum atomic E-state index is -0.910. The van der Waals surface area contributed by atoms with Crippen molar-refractivity contribution in [2.75, 3.05) is 0 Å². The Morgan fingerprint density at radius 1 is 0.900 bits per heavy atom. The number of carbonyl (C=O) groups is 1. The van der Waals surface area contributed by atoms with Crippen LogP contribution in [0.4, 0.5) is 8.78 Å². The van der Waals surface area contributed by atoms with Crippen LogP contribution in [0.3, 0.4) is 0 Å². The maximum absolute atomic E-state index is 13.6. The highest BCUT2D eigenvalue weighted by Crippen LogP contribution is 2.49. The number of fused-ring (bicyclic) bond motifs is 1. The van der Waals surface area contributed by atoms with Gasteiger partial charge >= 0.3 is 5.97 Å². The molecule has 5 heteroatoms. The lowest BCUT2D eigenvalue weighted by Gasteiger charge is -2.45. The van der Waals surface area contributed by atoms with Crippen molar-refractivity contribution in [3.05, 3.63) is 28.8 Å². The second-order valence-corrected chi connectivity index (χ2v) is 10.3. The maximum atomic E-state index is 13.6. The van der Waals surface area contributed by atoms with E-state index >= 15 is 0 Å². The van der Waals surface area contributed by atoms with Crippen molar-refractivity contribution in [2.24, 2.45) is 35.5 Å². The summed E-state index contributed by atoms with van der Waals surface area (Å²) >= 11 is 5.49. The molecular formula is C25H33ClF2O2. The van der Waals surface area contributed by atoms with Crippen molar-refractivity contribution >= 4 is 17.6 Å². The summed E-state index contributed by atoms with van der Waals surface area (Å²) in [5.74, 6) is 1.85. The first-order valence-corrected chi connectivity index (χ1v) is 12.2. The molecule has 3 aliphatic carbocycles. The zero-order chi connectivity index (χ0) is 21.3. The van der Waals surface area contributed by atoms with Crippen LogP contribution in [-0.4, -0.2) is 5.97 Å². The molecule has 0 bridgehead atoms. The quantitative estimate of drug-likeness (QED) is 0.275. The molecule has 0 heterocycles. The van der Waals surface area contributed by atoms with E-state index in [1.54, 1.807) is 0 Å². The van der Waals surface area contributed by atoms with Crippen LogP contribution in [0.25, 0.3) is 0 Å². The molecule has 0 N–H and O–H groups in total. The van der Waals surface area contributed by atoms with E-state index < -0.39 is 16.7 Å². The first kappa shape index (κ1) is 22.0. The van der Waals surface area contributed by atoms with Gasteiger partial charge in [0.25, 0.3) is 0 Å². The number of hydrogen-bond acceptors (Lipinski definition) is 2. The smallest absolute Gasteiger partial charge is 0.314 e. The van der Waals surface area contributed by atoms with Gasteiger partial charge in [0, 0.05) is 12.1 Å². The first-order chi connectivity index (χ1) is 14.4. The lowest BCUT2D eigenvalue weighted by atomic mass is 9.61. The minimum absolute atomic E-state index is 0.109. The van der Waals surface area contributed by atoms with Gasteiger partial charge in [-0.2, -0.15) is 0 Å². The molecule has 1 aromatic carbocycles. The number of carbonyl (C=O) groups excluding carboxylic acids is 1. The molecular weight excluding hydrogens is 406 g/mol. The fraction of sp³-hybridized carbons (Fsp3) is 0.720. The normalized spacial score (nSPS) is 34.3. The Labute approximate surface area is 183 Å². The molecule has 3 aliphatic rings. The van der Waals surface area contributed by atoms with E-state index in [2.05, 4.69) is 6.92 Å². The van der Waals surface area contributed by atoms with Crippen molar-refractivity contribution in [1.29, 1.82) is 0 Å². The molecule has 4 rings (SSSR count). The van der Waals surface area contributed by atoms with Crippen molar-refractivity contribution in [3.8, 4) is 5.75 Å². The minimum Gasteiger partial charge on any atom is -0.426 e. The third-order valence-electron chi connectivity index (χ3n) is 8.29. The Balaban J connectivity index is 1.26. The van der Waals surface area contributed by atoms with Crippen LogP contribution in [0, 0.1) is 47.1 Å². The fourth-order valence-electron chi connectivity index (χ4n) is 6.44. The maximum Gasteiger partial charge on any atom is 0.314 e. The summed E-state index contributed by atoms with van der Waals surface area (Å²) in [5, 5.41) is -0.576. The molecule has 4 unspecified atom stereocenters. The first-order valence-electron chi connectivity index (χ1n) is 11.8. The number of rotatable bonds is 4. The van der Waals surface area contributed by atoms with Crippen LogP contribution in [0.5, 0.6) is 5.75 Å². The number of ether oxygens (including phenoxy) is 1. The van der Waals surface area contributed by atoms with Gasteiger partial charge in [-0.15, -0.1) is 0 Å². The monoisotopic (exact) mass is 438 g/mol. The van der Waals surface area contributed by atoms with Gasteiger partial charge in [0.2, 0.25) is 0 Å². The van der Waals surface area contributed by atoms with Gasteiger partial charge in [0.05, 0.1) is 5.92 Å². The predicted molar refractivity (Wildman–Crippen MR) is 114 cm³/mol. The number of esters is 1. The molecule has 0 aliphatic heterocycles. The third-order valence-corrected chi connectivity index (χ3v) is 8.65. The Hall–Kier alpha value is -1.16. The topological polar surface area (TPSA) is 26.3 Å². The number of hydrogen-bond donors (Lipinski definition) is 0. The fourth-order valence-corrected chi connectivity index (χ4v) is 6.55. The molecule has 2 nitrogen and oxygen atoms in total. The highest BCUT2D eigenvalue weighted by Gasteiger charge is 2.39. The highest BCUT2D eigenvalue weighted by atomic mass is 35.5. The van der Waals surface area contributed by atoms with Crippen molar-refractivity contribution in [1.82, 2.24) is 0 Å². The Kier molecular flexibility index (Phi) is 7.01. The van der Waals surface area contributed by atoms with E-state index in [1.807, 2.05) is 0 Å². The van der Waals surface area contributed by atoms with E-state index in [9.17, 15) is 13.6 Å². The highest BCUT2D eigenvalue weighted by molar-refractivity contribution is 6.30. The van der Waals surface area contributed by atoms with Crippen LogP contribution in [-0.2, 0) is 4.79 Å². The molecule has 0 amide bonds. The average molecular weight is 439 g/mol. The molecule has 0 saturated heterocycles. The van der Waals surface area contributed by atoms with Crippen LogP contribution in [0.1, 0.15) is 77.6 Å². The van der Waals surface area contributed by atoms with Crippen molar-refractivity contribution in [3.63, 3.8) is 0 Å². The van der Waals surface area contributed by atoms with Gasteiger partial charge in [-0.05, 0) is 87.4 Å². The van der Waals surface area contributed by atoms with E-state index in [-0.39, 0.29) is 17.6 Å². The lowest BCUT2D eigenvalue weighted by Crippen LogP contribution is -2.35. The SMILES string of the molecule is CCC1CCC2CC(C3CCC(C(=O)Oc4cc(F)c(Cl)c(F)c4)CC3)CCC2C1. The van der Waals surface area contributed by atoms with E-state index in [0.717, 1.165) is 61.5 Å². The Morgan fingerprint density at radius 3 is 2.07 bits per heavy atom. The van der Waals surface area contributed by atoms with Gasteiger partial charge in [0.1, 0.15) is 22.4 Å². The van der Waals surface area contributed by atoms with Crippen LogP contribution < -0.4 is 4.74 Å². The molecule has 1 aromatic rings. The zero-order valence-corrected chi connectivity index (χ0v) is 18.6. The van der Waals surface area contributed by atoms with Crippen LogP contribution >= 0.6 is 11.6 Å². The van der Waals surface area contributed by atoms with Gasteiger partial charge in [-0.25, -0.2) is 8.78 Å². The van der Waals surface area contributed by atoms with E-state index in [4.69, 9.17) is 16.3 Å². The van der Waals surface area contributed by atoms with Gasteiger partial charge in [-0.1, -0.05) is 31.4 Å². The second-order valence-electron chi connectivity index (χ2n) is 9.91.